The number of ether oxygens (including phenoxy) is 2. The normalized spacial score (nSPS) is 39.0. The van der Waals surface area contributed by atoms with Crippen LogP contribution in [0, 0.1) is 53.3 Å². The van der Waals surface area contributed by atoms with Crippen molar-refractivity contribution >= 4 is 5.91 Å². The highest BCUT2D eigenvalue weighted by atomic mass is 16.7. The van der Waals surface area contributed by atoms with Crippen molar-refractivity contribution < 1.29 is 14.3 Å². The van der Waals surface area contributed by atoms with Crippen LogP contribution in [-0.4, -0.2) is 19.2 Å². The number of hydrogen-bond donors (Lipinski definition) is 1. The molecule has 30 heavy (non-hydrogen) atoms. The minimum atomic E-state index is 0.00820. The Morgan fingerprint density at radius 2 is 1.90 bits per heavy atom. The van der Waals surface area contributed by atoms with Crippen LogP contribution in [0.3, 0.4) is 0 Å². The Labute approximate surface area is 178 Å². The Morgan fingerprint density at radius 3 is 2.77 bits per heavy atom. The van der Waals surface area contributed by atoms with Crippen molar-refractivity contribution in [2.75, 3.05) is 13.3 Å². The minimum Gasteiger partial charge on any atom is -0.454 e. The van der Waals surface area contributed by atoms with Gasteiger partial charge in [0.15, 0.2) is 11.5 Å². The van der Waals surface area contributed by atoms with Gasteiger partial charge in [0.1, 0.15) is 0 Å². The van der Waals surface area contributed by atoms with E-state index >= 15 is 0 Å². The third-order valence-corrected chi connectivity index (χ3v) is 8.34. The molecule has 1 aromatic carbocycles. The van der Waals surface area contributed by atoms with Crippen molar-refractivity contribution in [2.24, 2.45) is 53.3 Å². The van der Waals surface area contributed by atoms with Crippen LogP contribution in [0.15, 0.2) is 42.5 Å². The first-order chi connectivity index (χ1) is 14.6. The van der Waals surface area contributed by atoms with Crippen LogP contribution in [0.5, 0.6) is 11.5 Å². The van der Waals surface area contributed by atoms with Gasteiger partial charge in [-0.05, 0) is 77.9 Å². The van der Waals surface area contributed by atoms with Crippen LogP contribution in [-0.2, 0) is 11.2 Å². The zero-order valence-electron chi connectivity index (χ0n) is 17.8. The number of carbonyl (C=O) groups is 1. The lowest BCUT2D eigenvalue weighted by atomic mass is 9.50. The summed E-state index contributed by atoms with van der Waals surface area (Å²) in [6, 6.07) is 6.42. The Bertz CT molecular complexity index is 919. The predicted molar refractivity (Wildman–Crippen MR) is 115 cm³/mol. The molecule has 0 bridgehead atoms. The summed E-state index contributed by atoms with van der Waals surface area (Å²) in [6.07, 6.45) is 11.9. The van der Waals surface area contributed by atoms with E-state index in [0.29, 0.717) is 42.3 Å². The zero-order chi connectivity index (χ0) is 20.4. The third-order valence-electron chi connectivity index (χ3n) is 8.34. The first-order valence-corrected chi connectivity index (χ1v) is 11.6. The molecule has 5 aliphatic rings. The number of benzene rings is 1. The molecule has 0 radical (unpaired) electrons. The van der Waals surface area contributed by atoms with Crippen molar-refractivity contribution in [3.63, 3.8) is 0 Å². The van der Waals surface area contributed by atoms with E-state index in [1.54, 1.807) is 0 Å². The lowest BCUT2D eigenvalue weighted by Crippen LogP contribution is -2.52. The van der Waals surface area contributed by atoms with E-state index in [-0.39, 0.29) is 11.8 Å². The summed E-state index contributed by atoms with van der Waals surface area (Å²) >= 11 is 0. The molecule has 6 rings (SSSR count). The molecule has 1 aromatic rings. The number of allylic oxidation sites excluding steroid dienone is 3. The van der Waals surface area contributed by atoms with E-state index in [2.05, 4.69) is 61.7 Å². The summed E-state index contributed by atoms with van der Waals surface area (Å²) < 4.78 is 11.0. The number of hydrogen-bond acceptors (Lipinski definition) is 3. The van der Waals surface area contributed by atoms with Gasteiger partial charge in [-0.2, -0.15) is 0 Å². The summed E-state index contributed by atoms with van der Waals surface area (Å²) in [6.45, 7) is 5.39. The second-order valence-electron chi connectivity index (χ2n) is 10.4. The van der Waals surface area contributed by atoms with Gasteiger partial charge in [0.2, 0.25) is 12.7 Å². The predicted octanol–water partition coefficient (Wildman–Crippen LogP) is 4.22. The van der Waals surface area contributed by atoms with Crippen LogP contribution in [0.4, 0.5) is 0 Å². The zero-order valence-corrected chi connectivity index (χ0v) is 17.8. The molecule has 8 atom stereocenters. The van der Waals surface area contributed by atoms with E-state index in [9.17, 15) is 4.79 Å². The van der Waals surface area contributed by atoms with Crippen LogP contribution < -0.4 is 14.8 Å². The number of nitrogens with one attached hydrogen (secondary N) is 1. The quantitative estimate of drug-likeness (QED) is 0.747. The summed E-state index contributed by atoms with van der Waals surface area (Å²) in [7, 11) is 0. The molecule has 1 amide bonds. The molecule has 4 heteroatoms. The molecule has 2 saturated carbocycles. The van der Waals surface area contributed by atoms with Gasteiger partial charge in [-0.3, -0.25) is 4.79 Å². The molecule has 0 saturated heterocycles. The Morgan fingerprint density at radius 1 is 1.07 bits per heavy atom. The highest BCUT2D eigenvalue weighted by Crippen LogP contribution is 2.67. The van der Waals surface area contributed by atoms with Crippen LogP contribution >= 0.6 is 0 Å². The number of carbonyl (C=O) groups excluding carboxylic acids is 1. The first-order valence-electron chi connectivity index (χ1n) is 11.6. The lowest BCUT2D eigenvalue weighted by molar-refractivity contribution is -0.126. The van der Waals surface area contributed by atoms with Gasteiger partial charge in [0.25, 0.3) is 0 Å². The van der Waals surface area contributed by atoms with Crippen LogP contribution in [0.2, 0.25) is 0 Å². The van der Waals surface area contributed by atoms with E-state index in [1.165, 1.54) is 12.0 Å². The summed E-state index contributed by atoms with van der Waals surface area (Å²) in [5.74, 6) is 7.05. The molecule has 0 aromatic heterocycles. The van der Waals surface area contributed by atoms with Crippen molar-refractivity contribution in [2.45, 2.75) is 26.7 Å². The van der Waals surface area contributed by atoms with Gasteiger partial charge in [-0.15, -0.1) is 0 Å². The molecule has 4 aliphatic carbocycles. The first kappa shape index (κ1) is 18.5. The molecule has 1 aliphatic heterocycles. The number of rotatable bonds is 5. The second kappa shape index (κ2) is 6.90. The summed E-state index contributed by atoms with van der Waals surface area (Å²) in [4.78, 5) is 12.9. The maximum atomic E-state index is 12.9. The fourth-order valence-corrected chi connectivity index (χ4v) is 7.09. The average molecular weight is 406 g/mol. The molecular formula is C26H31NO3. The summed E-state index contributed by atoms with van der Waals surface area (Å²) in [5.41, 5.74) is 1.36. The molecule has 2 fully saturated rings. The number of amides is 1. The monoisotopic (exact) mass is 405 g/mol. The van der Waals surface area contributed by atoms with Gasteiger partial charge in [0, 0.05) is 6.54 Å². The van der Waals surface area contributed by atoms with Gasteiger partial charge in [-0.1, -0.05) is 44.2 Å². The maximum absolute atomic E-state index is 12.9. The topological polar surface area (TPSA) is 47.6 Å². The van der Waals surface area contributed by atoms with E-state index in [1.807, 2.05) is 0 Å². The van der Waals surface area contributed by atoms with Gasteiger partial charge in [0.05, 0.1) is 5.92 Å². The van der Waals surface area contributed by atoms with Crippen molar-refractivity contribution in [3.05, 3.63) is 48.1 Å². The average Bonchev–Trinajstić information content (AvgIpc) is 3.34. The highest BCUT2D eigenvalue weighted by molar-refractivity contribution is 5.81. The van der Waals surface area contributed by atoms with Crippen molar-refractivity contribution in [3.8, 4) is 11.5 Å². The molecular weight excluding hydrogens is 374 g/mol. The third kappa shape index (κ3) is 2.75. The van der Waals surface area contributed by atoms with Gasteiger partial charge < -0.3 is 14.8 Å². The fraction of sp³-hybridized carbons (Fsp3) is 0.577. The smallest absolute Gasteiger partial charge is 0.231 e. The molecule has 4 nitrogen and oxygen atoms in total. The van der Waals surface area contributed by atoms with E-state index < -0.39 is 0 Å². The maximum Gasteiger partial charge on any atom is 0.231 e. The Kier molecular flexibility index (Phi) is 4.26. The fourth-order valence-electron chi connectivity index (χ4n) is 7.09. The lowest BCUT2D eigenvalue weighted by Gasteiger charge is -2.54. The molecule has 2 unspecified atom stereocenters. The molecule has 1 heterocycles. The second-order valence-corrected chi connectivity index (χ2v) is 10.4. The summed E-state index contributed by atoms with van der Waals surface area (Å²) in [5, 5.41) is 3.17. The SMILES string of the molecule is CC(C)CNC(=O)[C@@H]1C=C[C@@H]2C[C@@H]3C4C2[C@H]1C=C[C@@H]4[C@H]3Cc1ccc2c(c1)OCO2. The molecule has 1 N–H and O–H groups in total. The van der Waals surface area contributed by atoms with Crippen LogP contribution in [0.25, 0.3) is 0 Å². The largest absolute Gasteiger partial charge is 0.454 e. The van der Waals surface area contributed by atoms with Gasteiger partial charge >= 0.3 is 0 Å². The minimum absolute atomic E-state index is 0.00820. The standard InChI is InChI=1S/C26H31NO3/c1-14(2)12-27-26(28)19-5-4-16-11-21-20(18-7-6-17(19)24(16)25(18)21)9-15-3-8-22-23(10-15)30-13-29-22/h3-8,10,14,16-21,24-25H,9,11-13H2,1-2H3,(H,27,28)/t16-,17+,18-,19-,20-,21+,24?,25?/m1/s1. The Hall–Kier alpha value is -2.23. The van der Waals surface area contributed by atoms with E-state index in [0.717, 1.165) is 36.3 Å². The van der Waals surface area contributed by atoms with E-state index in [4.69, 9.17) is 9.47 Å². The molecule has 0 spiro atoms. The van der Waals surface area contributed by atoms with Crippen molar-refractivity contribution in [1.82, 2.24) is 5.32 Å². The van der Waals surface area contributed by atoms with Crippen molar-refractivity contribution in [1.29, 1.82) is 0 Å². The highest BCUT2D eigenvalue weighted by Gasteiger charge is 2.62. The number of fused-ring (bicyclic) bond motifs is 1. The van der Waals surface area contributed by atoms with Crippen LogP contribution in [0.1, 0.15) is 25.8 Å². The molecule has 158 valence electrons. The van der Waals surface area contributed by atoms with Gasteiger partial charge in [-0.25, -0.2) is 0 Å². The Balaban J connectivity index is 1.20.